The maximum atomic E-state index is 11.8. The van der Waals surface area contributed by atoms with E-state index in [2.05, 4.69) is 13.8 Å². The Bertz CT molecular complexity index is 275. The normalized spacial score (nSPS) is 29.7. The number of thioether (sulfide) groups is 1. The van der Waals surface area contributed by atoms with Crippen molar-refractivity contribution in [3.05, 3.63) is 0 Å². The van der Waals surface area contributed by atoms with Crippen LogP contribution in [-0.4, -0.2) is 15.6 Å². The topological polar surface area (TPSA) is 34.1 Å². The van der Waals surface area contributed by atoms with Crippen LogP contribution in [0.2, 0.25) is 0 Å². The van der Waals surface area contributed by atoms with Crippen molar-refractivity contribution in [2.24, 2.45) is 5.92 Å². The van der Waals surface area contributed by atoms with Crippen molar-refractivity contribution < 1.29 is 9.59 Å². The maximum absolute atomic E-state index is 11.8. The van der Waals surface area contributed by atoms with Crippen LogP contribution in [0.4, 0.5) is 0 Å². The molecule has 0 aromatic rings. The summed E-state index contributed by atoms with van der Waals surface area (Å²) in [6, 6.07) is 0. The summed E-state index contributed by atoms with van der Waals surface area (Å²) in [5.74, 6) is 0.473. The SMILES string of the molecule is CCCCCC1C(=O)CCC1(C)SC(C)=O. The van der Waals surface area contributed by atoms with Gasteiger partial charge in [0, 0.05) is 24.0 Å². The molecule has 0 spiro atoms. The van der Waals surface area contributed by atoms with Crippen molar-refractivity contribution in [2.75, 3.05) is 0 Å². The van der Waals surface area contributed by atoms with Crippen LogP contribution < -0.4 is 0 Å². The van der Waals surface area contributed by atoms with Gasteiger partial charge in [-0.05, 0) is 19.8 Å². The molecule has 16 heavy (non-hydrogen) atoms. The fraction of sp³-hybridized carbons (Fsp3) is 0.846. The fourth-order valence-electron chi connectivity index (χ4n) is 2.58. The Kier molecular flexibility index (Phi) is 5.03. The van der Waals surface area contributed by atoms with E-state index in [9.17, 15) is 9.59 Å². The van der Waals surface area contributed by atoms with Crippen molar-refractivity contribution in [1.82, 2.24) is 0 Å². The average molecular weight is 242 g/mol. The first-order chi connectivity index (χ1) is 7.49. The van der Waals surface area contributed by atoms with Crippen molar-refractivity contribution in [1.29, 1.82) is 0 Å². The van der Waals surface area contributed by atoms with Crippen molar-refractivity contribution in [3.63, 3.8) is 0 Å². The molecule has 1 saturated carbocycles. The second kappa shape index (κ2) is 5.85. The first-order valence-electron chi connectivity index (χ1n) is 6.22. The lowest BCUT2D eigenvalue weighted by Crippen LogP contribution is -2.30. The Hall–Kier alpha value is -0.310. The molecule has 3 heteroatoms. The van der Waals surface area contributed by atoms with Crippen molar-refractivity contribution >= 4 is 22.7 Å². The third kappa shape index (κ3) is 3.34. The highest BCUT2D eigenvalue weighted by Gasteiger charge is 2.45. The van der Waals surface area contributed by atoms with Crippen LogP contribution in [0.25, 0.3) is 0 Å². The summed E-state index contributed by atoms with van der Waals surface area (Å²) < 4.78 is -0.128. The van der Waals surface area contributed by atoms with Gasteiger partial charge < -0.3 is 0 Å². The molecule has 0 aliphatic heterocycles. The predicted molar refractivity (Wildman–Crippen MR) is 68.6 cm³/mol. The molecule has 2 unspecified atom stereocenters. The largest absolute Gasteiger partial charge is 0.299 e. The Morgan fingerprint density at radius 3 is 2.75 bits per heavy atom. The summed E-state index contributed by atoms with van der Waals surface area (Å²) >= 11 is 1.37. The number of ketones is 1. The highest BCUT2D eigenvalue weighted by Crippen LogP contribution is 2.46. The standard InChI is InChI=1S/C13H22O2S/c1-4-5-6-7-11-12(15)8-9-13(11,3)16-10(2)14/h11H,4-9H2,1-3H3. The van der Waals surface area contributed by atoms with Gasteiger partial charge in [-0.1, -0.05) is 37.9 Å². The molecule has 2 atom stereocenters. The van der Waals surface area contributed by atoms with Crippen LogP contribution in [0.15, 0.2) is 0 Å². The molecule has 0 radical (unpaired) electrons. The number of Topliss-reactive ketones (excluding diaryl/α,β-unsaturated/α-hetero) is 1. The molecule has 0 heterocycles. The minimum Gasteiger partial charge on any atom is -0.299 e. The molecule has 0 saturated heterocycles. The third-order valence-corrected chi connectivity index (χ3v) is 4.71. The molecule has 2 nitrogen and oxygen atoms in total. The van der Waals surface area contributed by atoms with E-state index in [-0.39, 0.29) is 15.8 Å². The van der Waals surface area contributed by atoms with Gasteiger partial charge in [-0.3, -0.25) is 9.59 Å². The Labute approximate surface area is 103 Å². The lowest BCUT2D eigenvalue weighted by Gasteiger charge is -2.28. The van der Waals surface area contributed by atoms with Crippen LogP contribution in [0.1, 0.15) is 59.3 Å². The van der Waals surface area contributed by atoms with E-state index in [0.29, 0.717) is 12.2 Å². The minimum atomic E-state index is -0.128. The van der Waals surface area contributed by atoms with Crippen LogP contribution in [0.5, 0.6) is 0 Å². The summed E-state index contributed by atoms with van der Waals surface area (Å²) in [4.78, 5) is 23.1. The first kappa shape index (κ1) is 13.8. The quantitative estimate of drug-likeness (QED) is 0.691. The van der Waals surface area contributed by atoms with Gasteiger partial charge in [0.05, 0.1) is 0 Å². The second-order valence-electron chi connectivity index (χ2n) is 4.92. The Morgan fingerprint density at radius 2 is 2.19 bits per heavy atom. The number of carbonyl (C=O) groups excluding carboxylic acids is 2. The fourth-order valence-corrected chi connectivity index (χ4v) is 3.83. The predicted octanol–water partition coefficient (Wildman–Crippen LogP) is 3.58. The smallest absolute Gasteiger partial charge is 0.186 e. The Balaban J connectivity index is 2.61. The summed E-state index contributed by atoms with van der Waals surface area (Å²) in [7, 11) is 0. The molecule has 1 aliphatic rings. The van der Waals surface area contributed by atoms with Gasteiger partial charge in [0.1, 0.15) is 5.78 Å². The van der Waals surface area contributed by atoms with Crippen molar-refractivity contribution in [3.8, 4) is 0 Å². The van der Waals surface area contributed by atoms with E-state index in [4.69, 9.17) is 0 Å². The Morgan fingerprint density at radius 1 is 1.50 bits per heavy atom. The number of carbonyl (C=O) groups is 2. The third-order valence-electron chi connectivity index (χ3n) is 3.47. The summed E-state index contributed by atoms with van der Waals surface area (Å²) in [5.41, 5.74) is 0. The van der Waals surface area contributed by atoms with Crippen LogP contribution in [-0.2, 0) is 9.59 Å². The number of hydrogen-bond acceptors (Lipinski definition) is 3. The van der Waals surface area contributed by atoms with Crippen LogP contribution >= 0.6 is 11.8 Å². The van der Waals surface area contributed by atoms with Gasteiger partial charge in [0.2, 0.25) is 0 Å². The van der Waals surface area contributed by atoms with Crippen molar-refractivity contribution in [2.45, 2.75) is 64.0 Å². The van der Waals surface area contributed by atoms with E-state index >= 15 is 0 Å². The van der Waals surface area contributed by atoms with E-state index in [0.717, 1.165) is 19.3 Å². The summed E-state index contributed by atoms with van der Waals surface area (Å²) in [6.07, 6.45) is 5.97. The number of unbranched alkanes of at least 4 members (excludes halogenated alkanes) is 2. The van der Waals surface area contributed by atoms with Gasteiger partial charge in [-0.15, -0.1) is 0 Å². The zero-order valence-electron chi connectivity index (χ0n) is 10.5. The highest BCUT2D eigenvalue weighted by atomic mass is 32.2. The van der Waals surface area contributed by atoms with E-state index in [1.807, 2.05) is 0 Å². The van der Waals surface area contributed by atoms with Gasteiger partial charge in [0.25, 0.3) is 0 Å². The molecule has 1 fully saturated rings. The highest BCUT2D eigenvalue weighted by molar-refractivity contribution is 8.14. The zero-order chi connectivity index (χ0) is 12.2. The number of rotatable bonds is 5. The maximum Gasteiger partial charge on any atom is 0.186 e. The molecule has 92 valence electrons. The van der Waals surface area contributed by atoms with Crippen LogP contribution in [0, 0.1) is 5.92 Å². The molecule has 0 bridgehead atoms. The van der Waals surface area contributed by atoms with E-state index in [1.54, 1.807) is 6.92 Å². The molecule has 0 amide bonds. The monoisotopic (exact) mass is 242 g/mol. The lowest BCUT2D eigenvalue weighted by atomic mass is 9.91. The average Bonchev–Trinajstić information content (AvgIpc) is 2.44. The molecule has 0 aromatic heterocycles. The molecule has 1 aliphatic carbocycles. The zero-order valence-corrected chi connectivity index (χ0v) is 11.4. The lowest BCUT2D eigenvalue weighted by molar-refractivity contribution is -0.121. The van der Waals surface area contributed by atoms with Gasteiger partial charge >= 0.3 is 0 Å². The molecular weight excluding hydrogens is 220 g/mol. The molecule has 0 aromatic carbocycles. The molecular formula is C13H22O2S. The summed E-state index contributed by atoms with van der Waals surface area (Å²) in [5, 5.41) is 0.137. The van der Waals surface area contributed by atoms with E-state index < -0.39 is 0 Å². The first-order valence-corrected chi connectivity index (χ1v) is 7.03. The molecule has 1 rings (SSSR count). The van der Waals surface area contributed by atoms with Gasteiger partial charge in [0.15, 0.2) is 5.12 Å². The van der Waals surface area contributed by atoms with Crippen LogP contribution in [0.3, 0.4) is 0 Å². The van der Waals surface area contributed by atoms with Gasteiger partial charge in [-0.2, -0.15) is 0 Å². The van der Waals surface area contributed by atoms with E-state index in [1.165, 1.54) is 24.6 Å². The second-order valence-corrected chi connectivity index (χ2v) is 6.63. The summed E-state index contributed by atoms with van der Waals surface area (Å²) in [6.45, 7) is 5.85. The minimum absolute atomic E-state index is 0.105. The molecule has 0 N–H and O–H groups in total. The van der Waals surface area contributed by atoms with Gasteiger partial charge in [-0.25, -0.2) is 0 Å². The number of hydrogen-bond donors (Lipinski definition) is 0.